The lowest BCUT2D eigenvalue weighted by Gasteiger charge is -2.25. The second kappa shape index (κ2) is 8.53. The van der Waals surface area contributed by atoms with Crippen molar-refractivity contribution >= 4 is 23.2 Å². The molecule has 0 aromatic heterocycles. The summed E-state index contributed by atoms with van der Waals surface area (Å²) in [6, 6.07) is 11.6. The normalized spacial score (nSPS) is 13.6. The maximum atomic E-state index is 13.0. The van der Waals surface area contributed by atoms with Crippen LogP contribution in [0.5, 0.6) is 11.5 Å². The van der Waals surface area contributed by atoms with E-state index in [1.54, 1.807) is 24.1 Å². The van der Waals surface area contributed by atoms with Gasteiger partial charge in [-0.1, -0.05) is 29.8 Å². The second-order valence-electron chi connectivity index (χ2n) is 6.68. The highest BCUT2D eigenvalue weighted by molar-refractivity contribution is 6.32. The monoisotopic (exact) mass is 388 g/mol. The molecular formula is C21H25ClN2O3. The molecule has 1 saturated heterocycles. The molecule has 3 rings (SSSR count). The number of carbonyl (C=O) groups excluding carboxylic acids is 1. The van der Waals surface area contributed by atoms with Gasteiger partial charge in [-0.3, -0.25) is 4.79 Å². The zero-order chi connectivity index (χ0) is 19.4. The van der Waals surface area contributed by atoms with Crippen LogP contribution in [0.3, 0.4) is 0 Å². The average Bonchev–Trinajstić information content (AvgIpc) is 3.21. The van der Waals surface area contributed by atoms with Crippen LogP contribution in [0.4, 0.5) is 5.69 Å². The Morgan fingerprint density at radius 2 is 1.85 bits per heavy atom. The van der Waals surface area contributed by atoms with Gasteiger partial charge in [0.1, 0.15) is 0 Å². The molecule has 144 valence electrons. The topological polar surface area (TPSA) is 42.0 Å². The lowest BCUT2D eigenvalue weighted by molar-refractivity contribution is 0.0785. The Morgan fingerprint density at radius 3 is 2.52 bits per heavy atom. The zero-order valence-corrected chi connectivity index (χ0v) is 16.8. The molecule has 0 N–H and O–H groups in total. The minimum atomic E-state index is -0.117. The summed E-state index contributed by atoms with van der Waals surface area (Å²) in [4.78, 5) is 17.0. The SMILES string of the molecule is COc1cc(C(=O)N(C)Cc2ccccc2N2CCCC2)cc(Cl)c1OC. The Hall–Kier alpha value is -2.40. The minimum absolute atomic E-state index is 0.117. The predicted octanol–water partition coefficient (Wildman–Crippen LogP) is 4.23. The number of ether oxygens (including phenoxy) is 2. The molecule has 2 aromatic rings. The largest absolute Gasteiger partial charge is 0.493 e. The van der Waals surface area contributed by atoms with Crippen LogP contribution >= 0.6 is 11.6 Å². The van der Waals surface area contributed by atoms with Crippen molar-refractivity contribution in [3.63, 3.8) is 0 Å². The third-order valence-corrected chi connectivity index (χ3v) is 5.15. The molecule has 0 unspecified atom stereocenters. The first-order valence-electron chi connectivity index (χ1n) is 9.05. The number of rotatable bonds is 6. The maximum Gasteiger partial charge on any atom is 0.254 e. The number of hydrogen-bond donors (Lipinski definition) is 0. The van der Waals surface area contributed by atoms with Crippen LogP contribution < -0.4 is 14.4 Å². The van der Waals surface area contributed by atoms with Crippen LogP contribution in [0.25, 0.3) is 0 Å². The molecule has 0 saturated carbocycles. The number of anilines is 1. The number of para-hydroxylation sites is 1. The van der Waals surface area contributed by atoms with Gasteiger partial charge in [0.25, 0.3) is 5.91 Å². The second-order valence-corrected chi connectivity index (χ2v) is 7.08. The molecule has 5 nitrogen and oxygen atoms in total. The lowest BCUT2D eigenvalue weighted by Crippen LogP contribution is -2.28. The number of methoxy groups -OCH3 is 2. The predicted molar refractivity (Wildman–Crippen MR) is 108 cm³/mol. The van der Waals surface area contributed by atoms with Crippen molar-refractivity contribution < 1.29 is 14.3 Å². The van der Waals surface area contributed by atoms with Crippen molar-refractivity contribution in [1.82, 2.24) is 4.90 Å². The molecule has 0 aliphatic carbocycles. The summed E-state index contributed by atoms with van der Waals surface area (Å²) in [7, 11) is 4.85. The van der Waals surface area contributed by atoms with Crippen molar-refractivity contribution in [3.05, 3.63) is 52.5 Å². The summed E-state index contributed by atoms with van der Waals surface area (Å²) in [5.74, 6) is 0.756. The smallest absolute Gasteiger partial charge is 0.254 e. The van der Waals surface area contributed by atoms with E-state index in [0.717, 1.165) is 18.7 Å². The van der Waals surface area contributed by atoms with Crippen LogP contribution in [0.15, 0.2) is 36.4 Å². The van der Waals surface area contributed by atoms with E-state index in [-0.39, 0.29) is 5.91 Å². The number of halogens is 1. The zero-order valence-electron chi connectivity index (χ0n) is 16.0. The van der Waals surface area contributed by atoms with Crippen molar-refractivity contribution in [2.75, 3.05) is 39.3 Å². The standard InChI is InChI=1S/C21H25ClN2O3/c1-23(14-15-8-4-5-9-18(15)24-10-6-7-11-24)21(25)16-12-17(22)20(27-3)19(13-16)26-2/h4-5,8-9,12-13H,6-7,10-11,14H2,1-3H3. The molecule has 0 spiro atoms. The van der Waals surface area contributed by atoms with Crippen molar-refractivity contribution in [2.24, 2.45) is 0 Å². The van der Waals surface area contributed by atoms with Gasteiger partial charge in [-0.05, 0) is 36.6 Å². The van der Waals surface area contributed by atoms with Crippen molar-refractivity contribution in [2.45, 2.75) is 19.4 Å². The first kappa shape index (κ1) is 19.4. The van der Waals surface area contributed by atoms with Gasteiger partial charge >= 0.3 is 0 Å². The van der Waals surface area contributed by atoms with Crippen LogP contribution in [0.2, 0.25) is 5.02 Å². The van der Waals surface area contributed by atoms with E-state index in [1.165, 1.54) is 32.7 Å². The molecule has 27 heavy (non-hydrogen) atoms. The average molecular weight is 389 g/mol. The van der Waals surface area contributed by atoms with E-state index in [2.05, 4.69) is 17.0 Å². The Morgan fingerprint density at radius 1 is 1.15 bits per heavy atom. The molecule has 1 amide bonds. The summed E-state index contributed by atoms with van der Waals surface area (Å²) >= 11 is 6.25. The highest BCUT2D eigenvalue weighted by Crippen LogP contribution is 2.36. The highest BCUT2D eigenvalue weighted by atomic mass is 35.5. The van der Waals surface area contributed by atoms with E-state index < -0.39 is 0 Å². The quantitative estimate of drug-likeness (QED) is 0.742. The van der Waals surface area contributed by atoms with Crippen LogP contribution in [0.1, 0.15) is 28.8 Å². The van der Waals surface area contributed by atoms with Gasteiger partial charge in [-0.25, -0.2) is 0 Å². The first-order chi connectivity index (χ1) is 13.0. The third kappa shape index (κ3) is 4.14. The fourth-order valence-electron chi connectivity index (χ4n) is 3.50. The van der Waals surface area contributed by atoms with E-state index in [9.17, 15) is 4.79 Å². The summed E-state index contributed by atoms with van der Waals surface area (Å²) in [6.07, 6.45) is 2.43. The Balaban J connectivity index is 1.82. The van der Waals surface area contributed by atoms with E-state index in [0.29, 0.717) is 28.6 Å². The van der Waals surface area contributed by atoms with Gasteiger partial charge in [0.15, 0.2) is 11.5 Å². The Kier molecular flexibility index (Phi) is 6.11. The molecule has 0 bridgehead atoms. The molecule has 1 fully saturated rings. The molecule has 1 aliphatic rings. The van der Waals surface area contributed by atoms with E-state index in [1.807, 2.05) is 12.1 Å². The molecule has 0 atom stereocenters. The Bertz CT molecular complexity index is 819. The number of hydrogen-bond acceptors (Lipinski definition) is 4. The molecule has 2 aromatic carbocycles. The number of nitrogens with zero attached hydrogens (tertiary/aromatic N) is 2. The first-order valence-corrected chi connectivity index (χ1v) is 9.42. The van der Waals surface area contributed by atoms with Gasteiger partial charge in [-0.15, -0.1) is 0 Å². The van der Waals surface area contributed by atoms with Gasteiger partial charge in [-0.2, -0.15) is 0 Å². The third-order valence-electron chi connectivity index (χ3n) is 4.87. The fourth-order valence-corrected chi connectivity index (χ4v) is 3.79. The molecule has 1 aliphatic heterocycles. The maximum absolute atomic E-state index is 13.0. The number of amides is 1. The number of benzene rings is 2. The van der Waals surface area contributed by atoms with Crippen molar-refractivity contribution in [1.29, 1.82) is 0 Å². The Labute approximate surface area is 165 Å². The van der Waals surface area contributed by atoms with Gasteiger partial charge < -0.3 is 19.3 Å². The summed E-state index contributed by atoms with van der Waals surface area (Å²) in [5.41, 5.74) is 2.82. The van der Waals surface area contributed by atoms with Gasteiger partial charge in [0.05, 0.1) is 19.2 Å². The summed E-state index contributed by atoms with van der Waals surface area (Å²) in [6.45, 7) is 2.66. The molecule has 0 radical (unpaired) electrons. The van der Waals surface area contributed by atoms with Crippen molar-refractivity contribution in [3.8, 4) is 11.5 Å². The van der Waals surface area contributed by atoms with Gasteiger partial charge in [0.2, 0.25) is 0 Å². The lowest BCUT2D eigenvalue weighted by atomic mass is 10.1. The fraction of sp³-hybridized carbons (Fsp3) is 0.381. The van der Waals surface area contributed by atoms with E-state index in [4.69, 9.17) is 21.1 Å². The summed E-state index contributed by atoms with van der Waals surface area (Å²) < 4.78 is 10.5. The summed E-state index contributed by atoms with van der Waals surface area (Å²) in [5, 5.41) is 0.353. The van der Waals surface area contributed by atoms with E-state index >= 15 is 0 Å². The number of carbonyl (C=O) groups is 1. The minimum Gasteiger partial charge on any atom is -0.493 e. The van der Waals surface area contributed by atoms with Crippen LogP contribution in [-0.2, 0) is 6.54 Å². The molecule has 1 heterocycles. The van der Waals surface area contributed by atoms with Crippen LogP contribution in [-0.4, -0.2) is 45.2 Å². The molecular weight excluding hydrogens is 364 g/mol. The van der Waals surface area contributed by atoms with Gasteiger partial charge in [0, 0.05) is 37.9 Å². The van der Waals surface area contributed by atoms with Crippen LogP contribution in [0, 0.1) is 0 Å². The molecule has 6 heteroatoms. The highest BCUT2D eigenvalue weighted by Gasteiger charge is 2.20.